The first kappa shape index (κ1) is 23.4. The highest BCUT2D eigenvalue weighted by Gasteiger charge is 2.30. The minimum absolute atomic E-state index is 0.0974. The van der Waals surface area contributed by atoms with Crippen LogP contribution in [0.15, 0.2) is 41.4 Å². The molecule has 2 aliphatic rings. The number of carbonyl (C=O) groups excluding carboxylic acids is 2. The van der Waals surface area contributed by atoms with Crippen molar-refractivity contribution >= 4 is 35.1 Å². The first-order valence-electron chi connectivity index (χ1n) is 11.7. The van der Waals surface area contributed by atoms with Crippen LogP contribution in [0.5, 0.6) is 5.75 Å². The van der Waals surface area contributed by atoms with E-state index in [4.69, 9.17) is 4.74 Å². The lowest BCUT2D eigenvalue weighted by Gasteiger charge is -2.33. The lowest BCUT2D eigenvalue weighted by atomic mass is 9.95. The number of hydrogen-bond acceptors (Lipinski definition) is 7. The summed E-state index contributed by atoms with van der Waals surface area (Å²) in [6.07, 6.45) is 3.99. The van der Waals surface area contributed by atoms with Crippen LogP contribution in [0, 0.1) is 5.92 Å². The van der Waals surface area contributed by atoms with E-state index in [9.17, 15) is 9.59 Å². The van der Waals surface area contributed by atoms with Gasteiger partial charge in [-0.2, -0.15) is 0 Å². The summed E-state index contributed by atoms with van der Waals surface area (Å²) in [7, 11) is 0. The number of nitrogens with one attached hydrogen (secondary N) is 1. The topological polar surface area (TPSA) is 87.7 Å². The smallest absolute Gasteiger partial charge is 0.234 e. The zero-order chi connectivity index (χ0) is 23.0. The number of aromatic nitrogens is 2. The Labute approximate surface area is 199 Å². The second-order valence-electron chi connectivity index (χ2n) is 8.32. The van der Waals surface area contributed by atoms with Crippen LogP contribution in [0.1, 0.15) is 32.6 Å². The second kappa shape index (κ2) is 11.4. The lowest BCUT2D eigenvalue weighted by Crippen LogP contribution is -2.42. The molecule has 8 nitrogen and oxygen atoms in total. The van der Waals surface area contributed by atoms with E-state index in [2.05, 4.69) is 20.4 Å². The largest absolute Gasteiger partial charge is 0.494 e. The first-order valence-corrected chi connectivity index (χ1v) is 12.6. The predicted molar refractivity (Wildman–Crippen MR) is 130 cm³/mol. The SMILES string of the molecule is CCOc1ccc(NC(=O)CSc2ccc(N3CCC(C(=O)N4CCCC4)CC3)nn2)cc1. The van der Waals surface area contributed by atoms with Gasteiger partial charge in [-0.1, -0.05) is 11.8 Å². The van der Waals surface area contributed by atoms with Crippen LogP contribution in [0.3, 0.4) is 0 Å². The number of nitrogens with zero attached hydrogens (tertiary/aromatic N) is 4. The minimum Gasteiger partial charge on any atom is -0.494 e. The van der Waals surface area contributed by atoms with E-state index in [0.29, 0.717) is 17.5 Å². The molecular formula is C24H31N5O3S. The molecule has 0 bridgehead atoms. The van der Waals surface area contributed by atoms with Gasteiger partial charge in [-0.05, 0) is 69.0 Å². The van der Waals surface area contributed by atoms with Crippen molar-refractivity contribution in [3.05, 3.63) is 36.4 Å². The van der Waals surface area contributed by atoms with Crippen molar-refractivity contribution in [2.24, 2.45) is 5.92 Å². The lowest BCUT2D eigenvalue weighted by molar-refractivity contribution is -0.135. The number of piperidine rings is 1. The van der Waals surface area contributed by atoms with Gasteiger partial charge in [0.25, 0.3) is 0 Å². The van der Waals surface area contributed by atoms with Gasteiger partial charge >= 0.3 is 0 Å². The van der Waals surface area contributed by atoms with Gasteiger partial charge in [-0.3, -0.25) is 9.59 Å². The fraction of sp³-hybridized carbons (Fsp3) is 0.500. The summed E-state index contributed by atoms with van der Waals surface area (Å²) < 4.78 is 5.41. The van der Waals surface area contributed by atoms with Gasteiger partial charge in [-0.15, -0.1) is 10.2 Å². The summed E-state index contributed by atoms with van der Waals surface area (Å²) in [5.41, 5.74) is 0.733. The van der Waals surface area contributed by atoms with E-state index in [1.807, 2.05) is 48.2 Å². The first-order chi connectivity index (χ1) is 16.1. The quantitative estimate of drug-likeness (QED) is 0.593. The predicted octanol–water partition coefficient (Wildman–Crippen LogP) is 3.44. The van der Waals surface area contributed by atoms with Crippen LogP contribution in [0.25, 0.3) is 0 Å². The minimum atomic E-state index is -0.0974. The number of carbonyl (C=O) groups is 2. The van der Waals surface area contributed by atoms with Gasteiger partial charge in [0.15, 0.2) is 5.82 Å². The zero-order valence-corrected chi connectivity index (χ0v) is 19.9. The van der Waals surface area contributed by atoms with Crippen LogP contribution in [0.2, 0.25) is 0 Å². The number of thioether (sulfide) groups is 1. The van der Waals surface area contributed by atoms with Crippen LogP contribution in [-0.4, -0.2) is 65.5 Å². The van der Waals surface area contributed by atoms with Crippen LogP contribution < -0.4 is 15.0 Å². The number of benzene rings is 1. The maximum absolute atomic E-state index is 12.6. The van der Waals surface area contributed by atoms with E-state index in [-0.39, 0.29) is 17.6 Å². The number of ether oxygens (including phenoxy) is 1. The molecule has 2 saturated heterocycles. The van der Waals surface area contributed by atoms with Crippen molar-refractivity contribution in [2.45, 2.75) is 37.6 Å². The molecule has 0 atom stereocenters. The Balaban J connectivity index is 1.21. The molecule has 1 aromatic carbocycles. The molecule has 176 valence electrons. The number of anilines is 2. The molecule has 0 saturated carbocycles. The summed E-state index contributed by atoms with van der Waals surface area (Å²) >= 11 is 1.35. The van der Waals surface area contributed by atoms with Crippen molar-refractivity contribution in [1.29, 1.82) is 0 Å². The standard InChI is InChI=1S/C24H31N5O3S/c1-2-32-20-7-5-19(6-8-20)25-22(30)17-33-23-10-9-21(26-27-23)28-15-11-18(12-16-28)24(31)29-13-3-4-14-29/h5-10,18H,2-4,11-17H2,1H3,(H,25,30). The Bertz CT molecular complexity index is 924. The third kappa shape index (κ3) is 6.37. The Morgan fingerprint density at radius 1 is 1.03 bits per heavy atom. The summed E-state index contributed by atoms with van der Waals surface area (Å²) in [4.78, 5) is 29.1. The summed E-state index contributed by atoms with van der Waals surface area (Å²) in [5.74, 6) is 2.22. The van der Waals surface area contributed by atoms with E-state index in [1.54, 1.807) is 0 Å². The molecular weight excluding hydrogens is 438 g/mol. The highest BCUT2D eigenvalue weighted by molar-refractivity contribution is 7.99. The molecule has 2 aromatic rings. The Hall–Kier alpha value is -2.81. The molecule has 0 aliphatic carbocycles. The van der Waals surface area contributed by atoms with Gasteiger partial charge < -0.3 is 19.9 Å². The second-order valence-corrected chi connectivity index (χ2v) is 9.31. The average Bonchev–Trinajstić information content (AvgIpc) is 3.39. The van der Waals surface area contributed by atoms with Crippen molar-refractivity contribution in [2.75, 3.05) is 48.8 Å². The van der Waals surface area contributed by atoms with E-state index in [0.717, 1.165) is 69.1 Å². The monoisotopic (exact) mass is 469 g/mol. The van der Waals surface area contributed by atoms with Gasteiger partial charge in [0.2, 0.25) is 11.8 Å². The molecule has 0 radical (unpaired) electrons. The molecule has 33 heavy (non-hydrogen) atoms. The molecule has 4 rings (SSSR count). The van der Waals surface area contributed by atoms with Gasteiger partial charge in [0.1, 0.15) is 10.8 Å². The van der Waals surface area contributed by atoms with Crippen LogP contribution in [0.4, 0.5) is 11.5 Å². The molecule has 1 N–H and O–H groups in total. The van der Waals surface area contributed by atoms with Crippen LogP contribution >= 0.6 is 11.8 Å². The van der Waals surface area contributed by atoms with Gasteiger partial charge in [-0.25, -0.2) is 0 Å². The maximum atomic E-state index is 12.6. The summed E-state index contributed by atoms with van der Waals surface area (Å²) in [5, 5.41) is 12.2. The highest BCUT2D eigenvalue weighted by atomic mass is 32.2. The van der Waals surface area contributed by atoms with Gasteiger partial charge in [0, 0.05) is 37.8 Å². The number of rotatable bonds is 8. The Kier molecular flexibility index (Phi) is 8.04. The van der Waals surface area contributed by atoms with Crippen LogP contribution in [-0.2, 0) is 9.59 Å². The molecule has 9 heteroatoms. The van der Waals surface area contributed by atoms with E-state index in [1.165, 1.54) is 11.8 Å². The molecule has 2 aliphatic heterocycles. The average molecular weight is 470 g/mol. The molecule has 0 unspecified atom stereocenters. The van der Waals surface area contributed by atoms with Crippen molar-refractivity contribution in [3.8, 4) is 5.75 Å². The fourth-order valence-electron chi connectivity index (χ4n) is 4.25. The normalized spacial score (nSPS) is 16.6. The fourth-order valence-corrected chi connectivity index (χ4v) is 4.86. The van der Waals surface area contributed by atoms with Gasteiger partial charge in [0.05, 0.1) is 12.4 Å². The molecule has 2 fully saturated rings. The Morgan fingerprint density at radius 3 is 2.39 bits per heavy atom. The molecule has 1 aromatic heterocycles. The molecule has 3 heterocycles. The summed E-state index contributed by atoms with van der Waals surface area (Å²) in [6, 6.07) is 11.2. The number of hydrogen-bond donors (Lipinski definition) is 1. The van der Waals surface area contributed by atoms with E-state index < -0.39 is 0 Å². The van der Waals surface area contributed by atoms with Crippen molar-refractivity contribution in [3.63, 3.8) is 0 Å². The highest BCUT2D eigenvalue weighted by Crippen LogP contribution is 2.25. The number of amides is 2. The number of likely N-dealkylation sites (tertiary alicyclic amines) is 1. The third-order valence-electron chi connectivity index (χ3n) is 6.01. The third-order valence-corrected chi connectivity index (χ3v) is 6.93. The van der Waals surface area contributed by atoms with Crippen molar-refractivity contribution in [1.82, 2.24) is 15.1 Å². The van der Waals surface area contributed by atoms with E-state index >= 15 is 0 Å². The zero-order valence-electron chi connectivity index (χ0n) is 19.0. The Morgan fingerprint density at radius 2 is 1.76 bits per heavy atom. The summed E-state index contributed by atoms with van der Waals surface area (Å²) in [6.45, 7) is 6.01. The molecule has 0 spiro atoms. The maximum Gasteiger partial charge on any atom is 0.234 e. The molecule has 2 amide bonds. The van der Waals surface area contributed by atoms with Crippen molar-refractivity contribution < 1.29 is 14.3 Å².